The van der Waals surface area contributed by atoms with Crippen LogP contribution in [0.5, 0.6) is 0 Å². The predicted molar refractivity (Wildman–Crippen MR) is 73.1 cm³/mol. The smallest absolute Gasteiger partial charge is 0.265 e. The normalized spacial score (nSPS) is 14.5. The first-order valence-electron chi connectivity index (χ1n) is 6.18. The van der Waals surface area contributed by atoms with E-state index in [1.807, 2.05) is 43.3 Å². The molecule has 1 aliphatic rings. The molecule has 0 unspecified atom stereocenters. The SMILES string of the molecule is Cc1cccc(N2C(=O)Cc3ccccc3C2=O)c1. The van der Waals surface area contributed by atoms with Gasteiger partial charge in [-0.25, -0.2) is 4.90 Å². The van der Waals surface area contributed by atoms with Crippen molar-refractivity contribution in [1.82, 2.24) is 0 Å². The summed E-state index contributed by atoms with van der Waals surface area (Å²) in [6.45, 7) is 1.94. The molecular weight excluding hydrogens is 238 g/mol. The molecule has 3 heteroatoms. The van der Waals surface area contributed by atoms with Crippen molar-refractivity contribution in [3.8, 4) is 0 Å². The lowest BCUT2D eigenvalue weighted by Gasteiger charge is -2.27. The molecule has 94 valence electrons. The van der Waals surface area contributed by atoms with E-state index >= 15 is 0 Å². The fourth-order valence-corrected chi connectivity index (χ4v) is 2.39. The average molecular weight is 251 g/mol. The van der Waals surface area contributed by atoms with Gasteiger partial charge in [0.05, 0.1) is 12.1 Å². The second-order valence-corrected chi connectivity index (χ2v) is 4.71. The van der Waals surface area contributed by atoms with E-state index in [0.717, 1.165) is 11.1 Å². The molecule has 0 atom stereocenters. The van der Waals surface area contributed by atoms with Crippen LogP contribution in [0.4, 0.5) is 5.69 Å². The number of fused-ring (bicyclic) bond motifs is 1. The monoisotopic (exact) mass is 251 g/mol. The maximum atomic E-state index is 12.4. The van der Waals surface area contributed by atoms with E-state index < -0.39 is 0 Å². The summed E-state index contributed by atoms with van der Waals surface area (Å²) in [5, 5.41) is 0. The van der Waals surface area contributed by atoms with Crippen LogP contribution in [0.1, 0.15) is 21.5 Å². The molecular formula is C16H13NO2. The predicted octanol–water partition coefficient (Wildman–Crippen LogP) is 2.72. The Morgan fingerprint density at radius 1 is 1.00 bits per heavy atom. The topological polar surface area (TPSA) is 37.4 Å². The molecule has 0 aromatic heterocycles. The van der Waals surface area contributed by atoms with E-state index in [0.29, 0.717) is 11.3 Å². The largest absolute Gasteiger partial charge is 0.274 e. The van der Waals surface area contributed by atoms with Crippen LogP contribution in [0, 0.1) is 6.92 Å². The molecule has 1 aliphatic heterocycles. The minimum Gasteiger partial charge on any atom is -0.274 e. The van der Waals surface area contributed by atoms with Gasteiger partial charge in [-0.2, -0.15) is 0 Å². The molecule has 0 saturated heterocycles. The highest BCUT2D eigenvalue weighted by Crippen LogP contribution is 2.25. The summed E-state index contributed by atoms with van der Waals surface area (Å²) in [7, 11) is 0. The first-order chi connectivity index (χ1) is 9.16. The number of aryl methyl sites for hydroxylation is 1. The van der Waals surface area contributed by atoms with Gasteiger partial charge in [-0.05, 0) is 36.2 Å². The van der Waals surface area contributed by atoms with Crippen molar-refractivity contribution < 1.29 is 9.59 Å². The van der Waals surface area contributed by atoms with Gasteiger partial charge >= 0.3 is 0 Å². The van der Waals surface area contributed by atoms with Crippen LogP contribution in [-0.2, 0) is 11.2 Å². The minimum atomic E-state index is -0.238. The highest BCUT2D eigenvalue weighted by molar-refractivity contribution is 6.24. The van der Waals surface area contributed by atoms with Gasteiger partial charge in [0.15, 0.2) is 0 Å². The molecule has 2 aromatic carbocycles. The molecule has 0 fully saturated rings. The highest BCUT2D eigenvalue weighted by Gasteiger charge is 2.31. The molecule has 19 heavy (non-hydrogen) atoms. The van der Waals surface area contributed by atoms with Crippen molar-refractivity contribution in [3.63, 3.8) is 0 Å². The lowest BCUT2D eigenvalue weighted by Crippen LogP contribution is -2.42. The molecule has 0 radical (unpaired) electrons. The van der Waals surface area contributed by atoms with E-state index in [9.17, 15) is 9.59 Å². The number of hydrogen-bond acceptors (Lipinski definition) is 2. The summed E-state index contributed by atoms with van der Waals surface area (Å²) in [4.78, 5) is 25.9. The van der Waals surface area contributed by atoms with Gasteiger partial charge in [0.25, 0.3) is 5.91 Å². The summed E-state index contributed by atoms with van der Waals surface area (Å²) in [5.74, 6) is -0.410. The van der Waals surface area contributed by atoms with Crippen molar-refractivity contribution in [2.45, 2.75) is 13.3 Å². The molecule has 2 amide bonds. The van der Waals surface area contributed by atoms with Gasteiger partial charge in [-0.3, -0.25) is 9.59 Å². The molecule has 2 aromatic rings. The lowest BCUT2D eigenvalue weighted by atomic mass is 9.98. The second kappa shape index (κ2) is 4.35. The molecule has 0 bridgehead atoms. The molecule has 0 spiro atoms. The van der Waals surface area contributed by atoms with Gasteiger partial charge in [0, 0.05) is 5.56 Å². The lowest BCUT2D eigenvalue weighted by molar-refractivity contribution is -0.117. The first-order valence-corrected chi connectivity index (χ1v) is 6.18. The highest BCUT2D eigenvalue weighted by atomic mass is 16.2. The summed E-state index contributed by atoms with van der Waals surface area (Å²) >= 11 is 0. The summed E-state index contributed by atoms with van der Waals surface area (Å²) in [6.07, 6.45) is 0.274. The van der Waals surface area contributed by atoms with Gasteiger partial charge in [-0.15, -0.1) is 0 Å². The number of anilines is 1. The van der Waals surface area contributed by atoms with Crippen LogP contribution in [-0.4, -0.2) is 11.8 Å². The Labute approximate surface area is 111 Å². The van der Waals surface area contributed by atoms with E-state index in [4.69, 9.17) is 0 Å². The Kier molecular flexibility index (Phi) is 2.67. The van der Waals surface area contributed by atoms with Gasteiger partial charge in [0.2, 0.25) is 5.91 Å². The van der Waals surface area contributed by atoms with E-state index in [1.165, 1.54) is 4.90 Å². The van der Waals surface area contributed by atoms with Crippen LogP contribution < -0.4 is 4.90 Å². The first kappa shape index (κ1) is 11.7. The van der Waals surface area contributed by atoms with Crippen molar-refractivity contribution in [2.75, 3.05) is 4.90 Å². The third-order valence-corrected chi connectivity index (χ3v) is 3.30. The van der Waals surface area contributed by atoms with E-state index in [-0.39, 0.29) is 18.2 Å². The Bertz CT molecular complexity index is 676. The number of carbonyl (C=O) groups is 2. The second-order valence-electron chi connectivity index (χ2n) is 4.71. The molecule has 1 heterocycles. The van der Waals surface area contributed by atoms with Crippen LogP contribution in [0.3, 0.4) is 0 Å². The number of imide groups is 1. The van der Waals surface area contributed by atoms with E-state index in [1.54, 1.807) is 12.1 Å². The number of carbonyl (C=O) groups excluding carboxylic acids is 2. The molecule has 0 saturated carbocycles. The zero-order valence-corrected chi connectivity index (χ0v) is 10.6. The molecule has 3 nitrogen and oxygen atoms in total. The fraction of sp³-hybridized carbons (Fsp3) is 0.125. The number of amides is 2. The quantitative estimate of drug-likeness (QED) is 0.731. The number of hydrogen-bond donors (Lipinski definition) is 0. The Hall–Kier alpha value is -2.42. The molecule has 0 aliphatic carbocycles. The van der Waals surface area contributed by atoms with Crippen LogP contribution in [0.2, 0.25) is 0 Å². The van der Waals surface area contributed by atoms with Crippen LogP contribution in [0.25, 0.3) is 0 Å². The maximum Gasteiger partial charge on any atom is 0.265 e. The average Bonchev–Trinajstić information content (AvgIpc) is 2.39. The zero-order chi connectivity index (χ0) is 13.4. The summed E-state index contributed by atoms with van der Waals surface area (Å²) in [5.41, 5.74) is 3.09. The third kappa shape index (κ3) is 1.93. The summed E-state index contributed by atoms with van der Waals surface area (Å²) in [6, 6.07) is 14.7. The molecule has 0 N–H and O–H groups in total. The maximum absolute atomic E-state index is 12.4. The standard InChI is InChI=1S/C16H13NO2/c1-11-5-4-7-13(9-11)17-15(18)10-12-6-2-3-8-14(12)16(17)19/h2-9H,10H2,1H3. The fourth-order valence-electron chi connectivity index (χ4n) is 2.39. The Balaban J connectivity index is 2.09. The van der Waals surface area contributed by atoms with Gasteiger partial charge in [0.1, 0.15) is 0 Å². The van der Waals surface area contributed by atoms with Crippen LogP contribution >= 0.6 is 0 Å². The van der Waals surface area contributed by atoms with Crippen LogP contribution in [0.15, 0.2) is 48.5 Å². The van der Waals surface area contributed by atoms with E-state index in [2.05, 4.69) is 0 Å². The molecule has 3 rings (SSSR count). The van der Waals surface area contributed by atoms with Gasteiger partial charge < -0.3 is 0 Å². The van der Waals surface area contributed by atoms with Crippen molar-refractivity contribution >= 4 is 17.5 Å². The minimum absolute atomic E-state index is 0.172. The Morgan fingerprint density at radius 2 is 1.79 bits per heavy atom. The zero-order valence-electron chi connectivity index (χ0n) is 10.6. The number of benzene rings is 2. The number of nitrogens with zero attached hydrogens (tertiary/aromatic N) is 1. The van der Waals surface area contributed by atoms with Crippen molar-refractivity contribution in [1.29, 1.82) is 0 Å². The van der Waals surface area contributed by atoms with Gasteiger partial charge in [-0.1, -0.05) is 30.3 Å². The summed E-state index contributed by atoms with van der Waals surface area (Å²) < 4.78 is 0. The third-order valence-electron chi connectivity index (χ3n) is 3.30. The Morgan fingerprint density at radius 3 is 2.58 bits per heavy atom. The number of rotatable bonds is 1. The van der Waals surface area contributed by atoms with Crippen molar-refractivity contribution in [3.05, 3.63) is 65.2 Å². The van der Waals surface area contributed by atoms with Crippen molar-refractivity contribution in [2.24, 2.45) is 0 Å².